The van der Waals surface area contributed by atoms with Crippen LogP contribution in [0.1, 0.15) is 15.9 Å². The summed E-state index contributed by atoms with van der Waals surface area (Å²) in [6, 6.07) is 6.67. The molecule has 1 aromatic carbocycles. The second-order valence-corrected chi connectivity index (χ2v) is 5.94. The first-order valence-electron chi connectivity index (χ1n) is 6.91. The molecular weight excluding hydrogens is 380 g/mol. The lowest BCUT2D eigenvalue weighted by Crippen LogP contribution is -2.25. The molecule has 0 atom stereocenters. The highest BCUT2D eigenvalue weighted by atomic mass is 79.9. The number of halogens is 1. The van der Waals surface area contributed by atoms with Crippen molar-refractivity contribution < 1.29 is 9.53 Å². The van der Waals surface area contributed by atoms with Crippen molar-refractivity contribution in [2.45, 2.75) is 6.54 Å². The summed E-state index contributed by atoms with van der Waals surface area (Å²) in [5, 5.41) is 11.4. The summed E-state index contributed by atoms with van der Waals surface area (Å²) in [5.74, 6) is -0.219. The van der Waals surface area contributed by atoms with E-state index in [2.05, 4.69) is 31.5 Å². The number of esters is 1. The fourth-order valence-electron chi connectivity index (χ4n) is 2.12. The Morgan fingerprint density at radius 1 is 1.21 bits per heavy atom. The van der Waals surface area contributed by atoms with Crippen molar-refractivity contribution in [3.05, 3.63) is 56.5 Å². The summed E-state index contributed by atoms with van der Waals surface area (Å²) in [5.41, 5.74) is 0.539. The molecule has 0 amide bonds. The average molecular weight is 393 g/mol. The molecule has 24 heavy (non-hydrogen) atoms. The first kappa shape index (κ1) is 16.1. The number of hydrogen-bond acceptors (Lipinski definition) is 6. The third-order valence-corrected chi connectivity index (χ3v) is 3.85. The fraction of sp³-hybridized carbons (Fsp3) is 0.214. The second-order valence-electron chi connectivity index (χ2n) is 5.03. The molecule has 3 rings (SSSR count). The summed E-state index contributed by atoms with van der Waals surface area (Å²) < 4.78 is 9.85. The van der Waals surface area contributed by atoms with Gasteiger partial charge in [-0.15, -0.1) is 0 Å². The molecule has 124 valence electrons. The van der Waals surface area contributed by atoms with Gasteiger partial charge in [-0.2, -0.15) is 14.5 Å². The maximum Gasteiger partial charge on any atom is 0.363 e. The van der Waals surface area contributed by atoms with Crippen molar-refractivity contribution >= 4 is 21.9 Å². The normalized spacial score (nSPS) is 10.8. The Morgan fingerprint density at radius 3 is 2.62 bits per heavy atom. The van der Waals surface area contributed by atoms with Crippen molar-refractivity contribution in [2.75, 3.05) is 0 Å². The second kappa shape index (κ2) is 6.40. The zero-order chi connectivity index (χ0) is 17.3. The minimum absolute atomic E-state index is 0.0991. The number of nitrogens with zero attached hydrogens (tertiary/aromatic N) is 6. The van der Waals surface area contributed by atoms with Crippen molar-refractivity contribution in [3.63, 3.8) is 0 Å². The smallest absolute Gasteiger partial charge is 0.363 e. The minimum Gasteiger partial charge on any atom is -0.404 e. The van der Waals surface area contributed by atoms with Crippen molar-refractivity contribution in [1.82, 2.24) is 29.6 Å². The number of ether oxygens (including phenoxy) is 1. The van der Waals surface area contributed by atoms with Gasteiger partial charge in [0.1, 0.15) is 0 Å². The van der Waals surface area contributed by atoms with Crippen LogP contribution in [0, 0.1) is 0 Å². The third-order valence-electron chi connectivity index (χ3n) is 3.36. The number of rotatable bonds is 4. The van der Waals surface area contributed by atoms with E-state index in [9.17, 15) is 9.59 Å². The predicted molar refractivity (Wildman–Crippen MR) is 86.7 cm³/mol. The third kappa shape index (κ3) is 3.13. The molecule has 0 aliphatic rings. The van der Waals surface area contributed by atoms with Crippen LogP contribution in [0.4, 0.5) is 0 Å². The fourth-order valence-corrected chi connectivity index (χ4v) is 2.53. The molecule has 0 fully saturated rings. The van der Waals surface area contributed by atoms with Crippen LogP contribution < -0.4 is 10.4 Å². The SMILES string of the molecule is Cn1nccc1OC(=O)c1ccc(Br)cc1Cn1nnn(C)c1=O. The van der Waals surface area contributed by atoms with E-state index in [0.717, 1.165) is 9.15 Å². The van der Waals surface area contributed by atoms with Crippen LogP contribution in [0.25, 0.3) is 0 Å². The Morgan fingerprint density at radius 2 is 2.00 bits per heavy atom. The molecule has 2 aromatic heterocycles. The molecule has 0 aliphatic heterocycles. The molecule has 0 radical (unpaired) electrons. The molecule has 2 heterocycles. The summed E-state index contributed by atoms with van der Waals surface area (Å²) in [7, 11) is 3.18. The maximum atomic E-state index is 12.5. The first-order chi connectivity index (χ1) is 11.5. The van der Waals surface area contributed by atoms with Gasteiger partial charge in [0.2, 0.25) is 5.88 Å². The van der Waals surface area contributed by atoms with Gasteiger partial charge in [0.25, 0.3) is 0 Å². The Balaban J connectivity index is 1.93. The molecule has 0 saturated heterocycles. The van der Waals surface area contributed by atoms with Crippen LogP contribution in [0.2, 0.25) is 0 Å². The Kier molecular flexibility index (Phi) is 4.30. The van der Waals surface area contributed by atoms with Crippen molar-refractivity contribution in [2.24, 2.45) is 14.1 Å². The lowest BCUT2D eigenvalue weighted by atomic mass is 10.1. The number of carbonyl (C=O) groups is 1. The van der Waals surface area contributed by atoms with Crippen molar-refractivity contribution in [3.8, 4) is 5.88 Å². The molecule has 0 unspecified atom stereocenters. The number of hydrogen-bond donors (Lipinski definition) is 0. The van der Waals surface area contributed by atoms with Gasteiger partial charge in [0.15, 0.2) is 0 Å². The van der Waals surface area contributed by atoms with Gasteiger partial charge in [0.05, 0.1) is 18.3 Å². The highest BCUT2D eigenvalue weighted by molar-refractivity contribution is 9.10. The van der Waals surface area contributed by atoms with Gasteiger partial charge in [-0.05, 0) is 34.2 Å². The molecular formula is C14H13BrN6O3. The monoisotopic (exact) mass is 392 g/mol. The summed E-state index contributed by atoms with van der Waals surface area (Å²) in [6.07, 6.45) is 1.53. The van der Waals surface area contributed by atoms with E-state index in [1.807, 2.05) is 0 Å². The van der Waals surface area contributed by atoms with E-state index in [-0.39, 0.29) is 12.2 Å². The van der Waals surface area contributed by atoms with E-state index in [1.165, 1.54) is 22.6 Å². The topological polar surface area (TPSA) is 96.8 Å². The number of aryl methyl sites for hydroxylation is 2. The van der Waals surface area contributed by atoms with Crippen LogP contribution in [0.3, 0.4) is 0 Å². The van der Waals surface area contributed by atoms with Crippen molar-refractivity contribution in [1.29, 1.82) is 0 Å². The van der Waals surface area contributed by atoms with Crippen LogP contribution in [-0.2, 0) is 20.6 Å². The van der Waals surface area contributed by atoms with E-state index in [1.54, 1.807) is 31.3 Å². The van der Waals surface area contributed by atoms with Gasteiger partial charge in [-0.3, -0.25) is 0 Å². The van der Waals surface area contributed by atoms with E-state index >= 15 is 0 Å². The Labute approximate surface area is 144 Å². The molecule has 0 bridgehead atoms. The standard InChI is InChI=1S/C14H13BrN6O3/c1-19-12(5-6-16-19)24-13(22)11-4-3-10(15)7-9(11)8-21-14(23)20(2)17-18-21/h3-7H,8H2,1-2H3. The zero-order valence-electron chi connectivity index (χ0n) is 12.9. The van der Waals surface area contributed by atoms with Crippen LogP contribution >= 0.6 is 15.9 Å². The molecule has 0 saturated carbocycles. The molecule has 9 nitrogen and oxygen atoms in total. The van der Waals surface area contributed by atoms with Crippen LogP contribution in [0.15, 0.2) is 39.7 Å². The van der Waals surface area contributed by atoms with Gasteiger partial charge in [-0.1, -0.05) is 15.9 Å². The highest BCUT2D eigenvalue weighted by Crippen LogP contribution is 2.19. The molecule has 0 spiro atoms. The number of benzene rings is 1. The lowest BCUT2D eigenvalue weighted by Gasteiger charge is -2.09. The quantitative estimate of drug-likeness (QED) is 0.607. The van der Waals surface area contributed by atoms with E-state index in [4.69, 9.17) is 4.74 Å². The minimum atomic E-state index is -0.543. The Bertz CT molecular complexity index is 958. The zero-order valence-corrected chi connectivity index (χ0v) is 14.5. The highest BCUT2D eigenvalue weighted by Gasteiger charge is 2.17. The van der Waals surface area contributed by atoms with E-state index < -0.39 is 5.97 Å². The lowest BCUT2D eigenvalue weighted by molar-refractivity contribution is 0.0719. The number of tetrazole rings is 1. The van der Waals surface area contributed by atoms with Crippen LogP contribution in [0.5, 0.6) is 5.88 Å². The summed E-state index contributed by atoms with van der Waals surface area (Å²) in [4.78, 5) is 24.4. The maximum absolute atomic E-state index is 12.5. The summed E-state index contributed by atoms with van der Waals surface area (Å²) in [6.45, 7) is 0.0991. The number of aromatic nitrogens is 6. The average Bonchev–Trinajstić information content (AvgIpc) is 3.08. The molecule has 0 aliphatic carbocycles. The van der Waals surface area contributed by atoms with Crippen LogP contribution in [-0.4, -0.2) is 35.5 Å². The van der Waals surface area contributed by atoms with Gasteiger partial charge in [0, 0.05) is 24.6 Å². The van der Waals surface area contributed by atoms with E-state index in [0.29, 0.717) is 17.0 Å². The van der Waals surface area contributed by atoms with Gasteiger partial charge >= 0.3 is 11.7 Å². The Hall–Kier alpha value is -2.75. The molecule has 3 aromatic rings. The first-order valence-corrected chi connectivity index (χ1v) is 7.70. The number of carbonyl (C=O) groups excluding carboxylic acids is 1. The largest absolute Gasteiger partial charge is 0.404 e. The van der Waals surface area contributed by atoms with Gasteiger partial charge in [-0.25, -0.2) is 14.3 Å². The summed E-state index contributed by atoms with van der Waals surface area (Å²) >= 11 is 3.36. The molecule has 10 heteroatoms. The van der Waals surface area contributed by atoms with Gasteiger partial charge < -0.3 is 4.74 Å². The molecule has 0 N–H and O–H groups in total. The predicted octanol–water partition coefficient (Wildman–Crippen LogP) is 0.740.